The van der Waals surface area contributed by atoms with Crippen molar-refractivity contribution < 1.29 is 14.4 Å². The molecule has 0 unspecified atom stereocenters. The van der Waals surface area contributed by atoms with Crippen molar-refractivity contribution in [2.75, 3.05) is 6.54 Å². The third-order valence-electron chi connectivity index (χ3n) is 4.85. The number of hydrogen-bond acceptors (Lipinski definition) is 6. The molecule has 2 aromatic heterocycles. The lowest BCUT2D eigenvalue weighted by molar-refractivity contribution is -0.143. The number of rotatable bonds is 5. The van der Waals surface area contributed by atoms with Crippen LogP contribution in [0.3, 0.4) is 0 Å². The molecule has 4 amide bonds. The first kappa shape index (κ1) is 17.6. The van der Waals surface area contributed by atoms with Gasteiger partial charge in [-0.15, -0.1) is 11.3 Å². The van der Waals surface area contributed by atoms with Crippen molar-refractivity contribution in [1.82, 2.24) is 19.2 Å². The summed E-state index contributed by atoms with van der Waals surface area (Å²) in [7, 11) is 0. The highest BCUT2D eigenvalue weighted by Gasteiger charge is 2.44. The number of urea groups is 1. The lowest BCUT2D eigenvalue weighted by atomic mass is 9.97. The molecule has 8 nitrogen and oxygen atoms in total. The summed E-state index contributed by atoms with van der Waals surface area (Å²) in [5.41, 5.74) is 1.22. The smallest absolute Gasteiger partial charge is 0.269 e. The number of fused-ring (bicyclic) bond motifs is 1. The summed E-state index contributed by atoms with van der Waals surface area (Å²) >= 11 is 1.28. The van der Waals surface area contributed by atoms with Gasteiger partial charge in [-0.25, -0.2) is 14.7 Å². The highest BCUT2D eigenvalue weighted by Crippen LogP contribution is 2.22. The third-order valence-corrected chi connectivity index (χ3v) is 5.61. The minimum Gasteiger partial charge on any atom is -0.269 e. The van der Waals surface area contributed by atoms with Gasteiger partial charge in [0.25, 0.3) is 5.56 Å². The maximum Gasteiger partial charge on any atom is 0.334 e. The van der Waals surface area contributed by atoms with Crippen molar-refractivity contribution in [2.24, 2.45) is 0 Å². The highest BCUT2D eigenvalue weighted by molar-refractivity contribution is 7.15. The van der Waals surface area contributed by atoms with Crippen molar-refractivity contribution in [3.05, 3.63) is 45.3 Å². The van der Waals surface area contributed by atoms with Gasteiger partial charge in [0.1, 0.15) is 0 Å². The molecule has 1 aliphatic carbocycles. The molecule has 0 atom stereocenters. The number of nitrogens with zero attached hydrogens (tertiary/aromatic N) is 4. The Morgan fingerprint density at radius 1 is 1.07 bits per heavy atom. The van der Waals surface area contributed by atoms with Crippen LogP contribution in [0.5, 0.6) is 0 Å². The van der Waals surface area contributed by atoms with E-state index < -0.39 is 17.8 Å². The van der Waals surface area contributed by atoms with Gasteiger partial charge in [0.05, 0.1) is 12.2 Å². The van der Waals surface area contributed by atoms with Gasteiger partial charge in [0.2, 0.25) is 0 Å². The van der Waals surface area contributed by atoms with Gasteiger partial charge >= 0.3 is 17.8 Å². The summed E-state index contributed by atoms with van der Waals surface area (Å²) in [6, 6.07) is 0.634. The Hall–Kier alpha value is -2.81. The average molecular weight is 386 g/mol. The van der Waals surface area contributed by atoms with Crippen LogP contribution < -0.4 is 5.56 Å². The summed E-state index contributed by atoms with van der Waals surface area (Å²) in [6.45, 7) is 0.0119. The van der Waals surface area contributed by atoms with E-state index in [0.717, 1.165) is 29.1 Å². The molecule has 3 heterocycles. The molecule has 0 bridgehead atoms. The Balaban J connectivity index is 1.50. The van der Waals surface area contributed by atoms with Crippen LogP contribution in [0.2, 0.25) is 0 Å². The van der Waals surface area contributed by atoms with Gasteiger partial charge in [-0.2, -0.15) is 0 Å². The summed E-state index contributed by atoms with van der Waals surface area (Å²) < 4.78 is 1.39. The average Bonchev–Trinajstić information content (AvgIpc) is 3.21. The minimum atomic E-state index is -0.870. The number of carbonyl (C=O) groups is 3. The maximum atomic E-state index is 12.6. The predicted molar refractivity (Wildman–Crippen MR) is 98.2 cm³/mol. The molecule has 4 rings (SSSR count). The van der Waals surface area contributed by atoms with E-state index in [1.54, 1.807) is 11.6 Å². The number of carbonyl (C=O) groups excluding carboxylic acids is 3. The predicted octanol–water partition coefficient (Wildman–Crippen LogP) is 1.94. The second-order valence-corrected chi connectivity index (χ2v) is 7.50. The molecule has 9 heteroatoms. The van der Waals surface area contributed by atoms with E-state index in [9.17, 15) is 19.2 Å². The van der Waals surface area contributed by atoms with Crippen LogP contribution in [0.15, 0.2) is 34.1 Å². The number of hydrogen-bond donors (Lipinski definition) is 0. The van der Waals surface area contributed by atoms with E-state index in [1.807, 2.05) is 0 Å². The minimum absolute atomic E-state index is 0.188. The normalized spacial score (nSPS) is 17.9. The van der Waals surface area contributed by atoms with Crippen LogP contribution in [-0.2, 0) is 16.1 Å². The molecule has 140 valence electrons. The summed E-state index contributed by atoms with van der Waals surface area (Å²) in [5, 5.41) is 1.73. The van der Waals surface area contributed by atoms with Gasteiger partial charge in [0, 0.05) is 24.2 Å². The van der Waals surface area contributed by atoms with E-state index in [-0.39, 0.29) is 24.3 Å². The maximum absolute atomic E-state index is 12.6. The first-order valence-electron chi connectivity index (χ1n) is 8.85. The van der Waals surface area contributed by atoms with Crippen LogP contribution in [0.25, 0.3) is 4.96 Å². The third kappa shape index (κ3) is 3.30. The molecule has 0 N–H and O–H groups in total. The van der Waals surface area contributed by atoms with E-state index in [0.29, 0.717) is 11.4 Å². The molecule has 0 radical (unpaired) electrons. The monoisotopic (exact) mass is 386 g/mol. The highest BCUT2D eigenvalue weighted by atomic mass is 32.1. The van der Waals surface area contributed by atoms with E-state index >= 15 is 0 Å². The molecule has 0 spiro atoms. The Morgan fingerprint density at radius 2 is 1.89 bits per heavy atom. The number of imide groups is 2. The van der Waals surface area contributed by atoms with Gasteiger partial charge in [-0.3, -0.25) is 23.7 Å². The molecule has 0 aromatic carbocycles. The summed E-state index contributed by atoms with van der Waals surface area (Å²) in [4.78, 5) is 55.8. The number of aromatic nitrogens is 2. The molecule has 2 aliphatic rings. The SMILES string of the molecule is O=C1C(=O)N(Cc2cc(=O)n3ccsc3n2)C(=O)N1CCC1=CCCCC1. The summed E-state index contributed by atoms with van der Waals surface area (Å²) in [6.07, 6.45) is 8.64. The molecule has 0 saturated carbocycles. The van der Waals surface area contributed by atoms with Crippen LogP contribution in [0.1, 0.15) is 37.8 Å². The lowest BCUT2D eigenvalue weighted by Gasteiger charge is -2.17. The van der Waals surface area contributed by atoms with Crippen molar-refractivity contribution in [1.29, 1.82) is 0 Å². The second kappa shape index (κ2) is 7.07. The zero-order chi connectivity index (χ0) is 19.0. The van der Waals surface area contributed by atoms with E-state index in [1.165, 1.54) is 33.8 Å². The standard InChI is InChI=1S/C18H18N4O4S/c23-14-10-13(19-17-20(14)8-9-27-17)11-22-16(25)15(24)21(18(22)26)7-6-12-4-2-1-3-5-12/h4,8-10H,1-3,5-7,11H2. The molecule has 27 heavy (non-hydrogen) atoms. The van der Waals surface area contributed by atoms with Crippen LogP contribution >= 0.6 is 11.3 Å². The fraction of sp³-hybridized carbons (Fsp3) is 0.389. The van der Waals surface area contributed by atoms with E-state index in [4.69, 9.17) is 0 Å². The van der Waals surface area contributed by atoms with E-state index in [2.05, 4.69) is 11.1 Å². The fourth-order valence-corrected chi connectivity index (χ4v) is 4.14. The Kier molecular flexibility index (Phi) is 4.61. The topological polar surface area (TPSA) is 92.1 Å². The molecule has 2 aromatic rings. The number of amides is 4. The van der Waals surface area contributed by atoms with Crippen molar-refractivity contribution >= 4 is 34.1 Å². The zero-order valence-electron chi connectivity index (χ0n) is 14.6. The van der Waals surface area contributed by atoms with Gasteiger partial charge in [-0.1, -0.05) is 11.6 Å². The Labute approximate surface area is 158 Å². The molecule has 1 saturated heterocycles. The Bertz CT molecular complexity index is 1020. The van der Waals surface area contributed by atoms with Crippen LogP contribution in [0.4, 0.5) is 4.79 Å². The van der Waals surface area contributed by atoms with Gasteiger partial charge < -0.3 is 0 Å². The van der Waals surface area contributed by atoms with Crippen LogP contribution in [-0.4, -0.2) is 43.6 Å². The number of thiazole rings is 1. The Morgan fingerprint density at radius 3 is 2.67 bits per heavy atom. The van der Waals surface area contributed by atoms with Crippen molar-refractivity contribution in [3.8, 4) is 0 Å². The lowest BCUT2D eigenvalue weighted by Crippen LogP contribution is -2.34. The molecular formula is C18H18N4O4S. The zero-order valence-corrected chi connectivity index (χ0v) is 15.4. The second-order valence-electron chi connectivity index (χ2n) is 6.63. The first-order valence-corrected chi connectivity index (χ1v) is 9.73. The van der Waals surface area contributed by atoms with Crippen LogP contribution in [0, 0.1) is 0 Å². The number of allylic oxidation sites excluding steroid dienone is 1. The first-order chi connectivity index (χ1) is 13.0. The quantitative estimate of drug-likeness (QED) is 0.445. The van der Waals surface area contributed by atoms with Gasteiger partial charge in [-0.05, 0) is 32.1 Å². The fourth-order valence-electron chi connectivity index (χ4n) is 3.40. The molecule has 1 aliphatic heterocycles. The van der Waals surface area contributed by atoms with Crippen molar-refractivity contribution in [3.63, 3.8) is 0 Å². The largest absolute Gasteiger partial charge is 0.334 e. The van der Waals surface area contributed by atoms with Crippen molar-refractivity contribution in [2.45, 2.75) is 38.6 Å². The molecule has 1 fully saturated rings. The molecular weight excluding hydrogens is 368 g/mol. The van der Waals surface area contributed by atoms with Gasteiger partial charge in [0.15, 0.2) is 4.96 Å². The summed E-state index contributed by atoms with van der Waals surface area (Å²) in [5.74, 6) is -1.68.